The Labute approximate surface area is 149 Å². The van der Waals surface area contributed by atoms with Crippen LogP contribution in [0.3, 0.4) is 0 Å². The third kappa shape index (κ3) is 2.81. The zero-order chi connectivity index (χ0) is 15.1. The van der Waals surface area contributed by atoms with Crippen molar-refractivity contribution in [2.45, 2.75) is 18.8 Å². The van der Waals surface area contributed by atoms with Crippen LogP contribution in [0.15, 0.2) is 24.3 Å². The molecule has 3 aromatic rings. The van der Waals surface area contributed by atoms with Gasteiger partial charge in [-0.25, -0.2) is 9.37 Å². The lowest BCUT2D eigenvalue weighted by Gasteiger charge is -2.15. The van der Waals surface area contributed by atoms with E-state index in [1.54, 1.807) is 6.07 Å². The van der Waals surface area contributed by atoms with Crippen molar-refractivity contribution in [3.63, 3.8) is 0 Å². The number of hydrogen-bond donors (Lipinski definition) is 0. The molecule has 0 saturated heterocycles. The Morgan fingerprint density at radius 3 is 2.81 bits per heavy atom. The molecule has 1 aromatic carbocycles. The number of thiophene rings is 1. The van der Waals surface area contributed by atoms with Gasteiger partial charge in [0, 0.05) is 10.9 Å². The minimum Gasteiger partial charge on any atom is -0.319 e. The summed E-state index contributed by atoms with van der Waals surface area (Å²) in [4.78, 5) is 5.61. The molecule has 0 bridgehead atoms. The molecule has 0 radical (unpaired) electrons. The Morgan fingerprint density at radius 1 is 1.43 bits per heavy atom. The van der Waals surface area contributed by atoms with Crippen LogP contribution >= 0.6 is 57.1 Å². The van der Waals surface area contributed by atoms with E-state index in [0.717, 1.165) is 26.1 Å². The summed E-state index contributed by atoms with van der Waals surface area (Å²) in [5, 5.41) is 0. The molecule has 7 heteroatoms. The fourth-order valence-corrected chi connectivity index (χ4v) is 4.09. The van der Waals surface area contributed by atoms with Gasteiger partial charge in [-0.05, 0) is 47.7 Å². The average Bonchev–Trinajstić information content (AvgIpc) is 3.02. The third-order valence-corrected chi connectivity index (χ3v) is 5.78. The predicted molar refractivity (Wildman–Crippen MR) is 95.1 cm³/mol. The molecule has 0 amide bonds. The molecular formula is C14H10Cl2FIN2S. The van der Waals surface area contributed by atoms with Crippen molar-refractivity contribution in [1.82, 2.24) is 9.55 Å². The minimum atomic E-state index is -0.248. The maximum Gasteiger partial charge on any atom is 0.138 e. The normalized spacial score (nSPS) is 13.0. The van der Waals surface area contributed by atoms with Gasteiger partial charge in [-0.1, -0.05) is 11.6 Å². The quantitative estimate of drug-likeness (QED) is 0.359. The van der Waals surface area contributed by atoms with E-state index in [-0.39, 0.29) is 17.7 Å². The number of fused-ring (bicyclic) bond motifs is 1. The van der Waals surface area contributed by atoms with Crippen LogP contribution in [0.5, 0.6) is 0 Å². The zero-order valence-electron chi connectivity index (χ0n) is 10.9. The average molecular weight is 455 g/mol. The van der Waals surface area contributed by atoms with Gasteiger partial charge in [0.1, 0.15) is 11.6 Å². The molecule has 1 unspecified atom stereocenters. The second-order valence-electron chi connectivity index (χ2n) is 4.60. The van der Waals surface area contributed by atoms with Crippen molar-refractivity contribution in [3.8, 4) is 0 Å². The summed E-state index contributed by atoms with van der Waals surface area (Å²) < 4.78 is 17.2. The molecule has 0 saturated carbocycles. The summed E-state index contributed by atoms with van der Waals surface area (Å²) in [7, 11) is 0. The fourth-order valence-electron chi connectivity index (χ4n) is 2.35. The van der Waals surface area contributed by atoms with Gasteiger partial charge in [-0.3, -0.25) is 0 Å². The molecule has 3 rings (SSSR count). The molecule has 2 nitrogen and oxygen atoms in total. The second-order valence-corrected chi connectivity index (χ2v) is 7.78. The second kappa shape index (κ2) is 6.02. The molecule has 1 atom stereocenters. The first-order chi connectivity index (χ1) is 10.0. The zero-order valence-corrected chi connectivity index (χ0v) is 15.4. The van der Waals surface area contributed by atoms with E-state index in [1.165, 1.54) is 17.4 Å². The highest BCUT2D eigenvalue weighted by atomic mass is 127. The van der Waals surface area contributed by atoms with Crippen LogP contribution in [0.2, 0.25) is 4.34 Å². The van der Waals surface area contributed by atoms with Gasteiger partial charge in [0.2, 0.25) is 0 Å². The SMILES string of the molecule is CC(c1ccc(Cl)s1)n1c(CCl)nc2cc(I)c(F)cc21. The van der Waals surface area contributed by atoms with Crippen molar-refractivity contribution in [2.24, 2.45) is 0 Å². The van der Waals surface area contributed by atoms with Crippen molar-refractivity contribution in [2.75, 3.05) is 0 Å². The predicted octanol–water partition coefficient (Wildman–Crippen LogP) is 5.84. The van der Waals surface area contributed by atoms with Gasteiger partial charge in [-0.15, -0.1) is 22.9 Å². The number of benzene rings is 1. The number of aromatic nitrogens is 2. The number of hydrogen-bond acceptors (Lipinski definition) is 2. The highest BCUT2D eigenvalue weighted by Gasteiger charge is 2.19. The standard InChI is InChI=1S/C14H10Cl2FIN2S/c1-7(12-2-3-13(16)21-12)20-11-4-8(17)9(18)5-10(11)19-14(20)6-15/h2-5,7H,6H2,1H3. The summed E-state index contributed by atoms with van der Waals surface area (Å²) >= 11 is 15.5. The van der Waals surface area contributed by atoms with Crippen molar-refractivity contribution >= 4 is 68.2 Å². The molecule has 110 valence electrons. The van der Waals surface area contributed by atoms with Gasteiger partial charge in [0.05, 0.1) is 30.9 Å². The van der Waals surface area contributed by atoms with Crippen molar-refractivity contribution in [3.05, 3.63) is 48.7 Å². The number of halogens is 4. The Bertz CT molecular complexity index is 815. The number of imidazole rings is 1. The molecule has 0 aliphatic carbocycles. The lowest BCUT2D eigenvalue weighted by Crippen LogP contribution is -2.08. The van der Waals surface area contributed by atoms with Crippen LogP contribution in [0.25, 0.3) is 11.0 Å². The molecule has 2 aromatic heterocycles. The van der Waals surface area contributed by atoms with Crippen molar-refractivity contribution in [1.29, 1.82) is 0 Å². The van der Waals surface area contributed by atoms with Crippen LogP contribution in [0.1, 0.15) is 23.7 Å². The Kier molecular flexibility index (Phi) is 4.45. The molecule has 21 heavy (non-hydrogen) atoms. The van der Waals surface area contributed by atoms with Gasteiger partial charge < -0.3 is 4.57 Å². The summed E-state index contributed by atoms with van der Waals surface area (Å²) in [5.41, 5.74) is 1.51. The summed E-state index contributed by atoms with van der Waals surface area (Å²) in [6.45, 7) is 2.04. The molecular weight excluding hydrogens is 445 g/mol. The highest BCUT2D eigenvalue weighted by Crippen LogP contribution is 2.33. The van der Waals surface area contributed by atoms with E-state index in [2.05, 4.69) is 4.98 Å². The van der Waals surface area contributed by atoms with Crippen LogP contribution < -0.4 is 0 Å². The molecule has 0 spiro atoms. The first-order valence-electron chi connectivity index (χ1n) is 6.18. The van der Waals surface area contributed by atoms with Gasteiger partial charge >= 0.3 is 0 Å². The van der Waals surface area contributed by atoms with Crippen LogP contribution in [-0.2, 0) is 5.88 Å². The number of alkyl halides is 1. The van der Waals surface area contributed by atoms with E-state index in [0.29, 0.717) is 3.57 Å². The van der Waals surface area contributed by atoms with E-state index in [1.807, 2.05) is 46.2 Å². The first-order valence-corrected chi connectivity index (χ1v) is 8.99. The van der Waals surface area contributed by atoms with E-state index >= 15 is 0 Å². The van der Waals surface area contributed by atoms with Crippen LogP contribution in [0.4, 0.5) is 4.39 Å². The maximum absolute atomic E-state index is 13.9. The monoisotopic (exact) mass is 454 g/mol. The molecule has 0 aliphatic heterocycles. The first kappa shape index (κ1) is 15.5. The fraction of sp³-hybridized carbons (Fsp3) is 0.214. The summed E-state index contributed by atoms with van der Waals surface area (Å²) in [6, 6.07) is 7.10. The lowest BCUT2D eigenvalue weighted by molar-refractivity contribution is 0.615. The molecule has 0 aliphatic rings. The van der Waals surface area contributed by atoms with Crippen LogP contribution in [0, 0.1) is 9.39 Å². The van der Waals surface area contributed by atoms with E-state index in [9.17, 15) is 4.39 Å². The topological polar surface area (TPSA) is 17.8 Å². The lowest BCUT2D eigenvalue weighted by atomic mass is 10.2. The van der Waals surface area contributed by atoms with E-state index < -0.39 is 0 Å². The highest BCUT2D eigenvalue weighted by molar-refractivity contribution is 14.1. The molecule has 2 heterocycles. The van der Waals surface area contributed by atoms with Gasteiger partial charge in [0.25, 0.3) is 0 Å². The largest absolute Gasteiger partial charge is 0.319 e. The third-order valence-electron chi connectivity index (χ3n) is 3.32. The van der Waals surface area contributed by atoms with Gasteiger partial charge in [0.15, 0.2) is 0 Å². The van der Waals surface area contributed by atoms with Gasteiger partial charge in [-0.2, -0.15) is 0 Å². The number of rotatable bonds is 3. The number of nitrogens with zero attached hydrogens (tertiary/aromatic N) is 2. The summed E-state index contributed by atoms with van der Waals surface area (Å²) in [5.74, 6) is 0.753. The minimum absolute atomic E-state index is 0.000659. The Balaban J connectivity index is 2.22. The molecule has 0 fully saturated rings. The Morgan fingerprint density at radius 2 is 2.19 bits per heavy atom. The van der Waals surface area contributed by atoms with Crippen LogP contribution in [-0.4, -0.2) is 9.55 Å². The summed E-state index contributed by atoms with van der Waals surface area (Å²) in [6.07, 6.45) is 0. The Hall–Kier alpha value is -0.370. The van der Waals surface area contributed by atoms with Crippen molar-refractivity contribution < 1.29 is 4.39 Å². The van der Waals surface area contributed by atoms with E-state index in [4.69, 9.17) is 23.2 Å². The maximum atomic E-state index is 13.9. The smallest absolute Gasteiger partial charge is 0.138 e. The molecule has 0 N–H and O–H groups in total.